The molecule has 12 heteroatoms. The summed E-state index contributed by atoms with van der Waals surface area (Å²) in [6.07, 6.45) is 7.97. The molecule has 0 saturated carbocycles. The van der Waals surface area contributed by atoms with Crippen molar-refractivity contribution in [3.8, 4) is 11.5 Å². The first-order valence-corrected chi connectivity index (χ1v) is 20.6. The number of ether oxygens (including phenoxy) is 5. The molecule has 2 atom stereocenters. The molecule has 0 N–H and O–H groups in total. The number of hydrogen-bond acceptors (Lipinski definition) is 11. The highest BCUT2D eigenvalue weighted by molar-refractivity contribution is 6.11. The number of ketones is 1. The molecule has 1 aliphatic rings. The van der Waals surface area contributed by atoms with Gasteiger partial charge in [-0.3, -0.25) is 19.3 Å². The van der Waals surface area contributed by atoms with E-state index in [1.807, 2.05) is 49.4 Å². The lowest BCUT2D eigenvalue weighted by Gasteiger charge is -2.16. The second-order valence-corrected chi connectivity index (χ2v) is 14.6. The minimum Gasteiger partial charge on any atom is -0.494 e. The maximum atomic E-state index is 13.7. The molecule has 316 valence electrons. The number of unbranched alkanes of at least 4 members (excludes halogenated alkanes) is 6. The summed E-state index contributed by atoms with van der Waals surface area (Å²) < 4.78 is 27.6. The van der Waals surface area contributed by atoms with E-state index in [2.05, 4.69) is 13.2 Å². The zero-order valence-corrected chi connectivity index (χ0v) is 34.2. The van der Waals surface area contributed by atoms with Crippen molar-refractivity contribution in [1.29, 1.82) is 0 Å². The number of imide groups is 1. The lowest BCUT2D eigenvalue weighted by Crippen LogP contribution is -2.34. The number of likely N-dealkylation sites (tertiary alicyclic amines) is 1. The Balaban J connectivity index is 1.15. The Labute approximate surface area is 350 Å². The molecule has 12 nitrogen and oxygen atoms in total. The maximum absolute atomic E-state index is 13.7. The van der Waals surface area contributed by atoms with Crippen LogP contribution >= 0.6 is 0 Å². The number of rotatable bonds is 25. The molecule has 1 fully saturated rings. The normalized spacial score (nSPS) is 14.8. The molecular formula is C48H53NO11. The summed E-state index contributed by atoms with van der Waals surface area (Å²) in [5, 5.41) is 3.27. The van der Waals surface area contributed by atoms with E-state index < -0.39 is 41.7 Å². The number of carbonyl (C=O) groups excluding carboxylic acids is 6. The average Bonchev–Trinajstić information content (AvgIpc) is 3.47. The highest BCUT2D eigenvalue weighted by atomic mass is 16.6. The monoisotopic (exact) mass is 819 g/mol. The van der Waals surface area contributed by atoms with Crippen LogP contribution in [0.3, 0.4) is 0 Å². The SMILES string of the molecule is C=CC(=O)OCCCCCCOc1ccc2cc(C(=O)C[C@H]3C(=O)N(CCC)C(=O)[C@@H]3OC(=O)c3ccc4cc(OCCCCCCOC(=O)C=C)ccc4c3)ccc2c1. The Morgan fingerprint density at radius 3 is 1.58 bits per heavy atom. The number of benzene rings is 4. The van der Waals surface area contributed by atoms with Crippen molar-refractivity contribution in [1.82, 2.24) is 4.90 Å². The van der Waals surface area contributed by atoms with Crippen molar-refractivity contribution < 1.29 is 52.5 Å². The number of fused-ring (bicyclic) bond motifs is 2. The van der Waals surface area contributed by atoms with Gasteiger partial charge in [0.1, 0.15) is 11.5 Å². The van der Waals surface area contributed by atoms with E-state index >= 15 is 0 Å². The Hall–Kier alpha value is -6.30. The molecule has 0 aromatic heterocycles. The van der Waals surface area contributed by atoms with E-state index in [1.165, 1.54) is 0 Å². The van der Waals surface area contributed by atoms with Crippen LogP contribution < -0.4 is 9.47 Å². The van der Waals surface area contributed by atoms with Crippen molar-refractivity contribution in [3.05, 3.63) is 109 Å². The topological polar surface area (TPSA) is 152 Å². The first-order chi connectivity index (χ1) is 29.1. The van der Waals surface area contributed by atoms with Crippen molar-refractivity contribution in [2.75, 3.05) is 33.0 Å². The average molecular weight is 820 g/mol. The molecule has 1 aliphatic heterocycles. The maximum Gasteiger partial charge on any atom is 0.338 e. The highest BCUT2D eigenvalue weighted by Crippen LogP contribution is 2.31. The Bertz CT molecular complexity index is 2040. The molecule has 60 heavy (non-hydrogen) atoms. The van der Waals surface area contributed by atoms with Crippen LogP contribution in [0.5, 0.6) is 11.5 Å². The van der Waals surface area contributed by atoms with Crippen LogP contribution in [0.2, 0.25) is 0 Å². The van der Waals surface area contributed by atoms with Gasteiger partial charge in [-0.15, -0.1) is 0 Å². The van der Waals surface area contributed by atoms with E-state index in [0.717, 1.165) is 90.0 Å². The standard InChI is InChI=1S/C48H53NO11/c1-4-23-49-46(53)41(32-42(50)37-17-15-35-30-39(21-19-33(35)28-37)56-24-11-7-9-13-26-58-43(51)5-2)45(47(49)54)60-48(55)38-18-16-36-31-40(22-20-34(36)29-38)57-25-12-8-10-14-27-59-44(52)6-3/h5-6,15-22,28-31,41,45H,2-4,7-14,23-27,32H2,1H3/t41-,45-/m1/s1. The summed E-state index contributed by atoms with van der Waals surface area (Å²) in [5.74, 6) is -2.90. The van der Waals surface area contributed by atoms with E-state index in [9.17, 15) is 28.8 Å². The highest BCUT2D eigenvalue weighted by Gasteiger charge is 2.50. The quantitative estimate of drug-likeness (QED) is 0.0158. The molecule has 2 amide bonds. The molecule has 4 aromatic rings. The Kier molecular flexibility index (Phi) is 17.0. The summed E-state index contributed by atoms with van der Waals surface area (Å²) in [6, 6.07) is 21.4. The predicted molar refractivity (Wildman–Crippen MR) is 227 cm³/mol. The molecule has 0 unspecified atom stereocenters. The smallest absolute Gasteiger partial charge is 0.338 e. The van der Waals surface area contributed by atoms with Crippen LogP contribution in [0.4, 0.5) is 0 Å². The summed E-state index contributed by atoms with van der Waals surface area (Å²) in [6.45, 7) is 10.5. The van der Waals surface area contributed by atoms with Gasteiger partial charge in [-0.25, -0.2) is 14.4 Å². The van der Waals surface area contributed by atoms with Gasteiger partial charge in [0.15, 0.2) is 11.9 Å². The van der Waals surface area contributed by atoms with Crippen molar-refractivity contribution in [2.24, 2.45) is 5.92 Å². The summed E-state index contributed by atoms with van der Waals surface area (Å²) in [5.41, 5.74) is 0.576. The van der Waals surface area contributed by atoms with Gasteiger partial charge >= 0.3 is 17.9 Å². The minimum atomic E-state index is -1.44. The number of nitrogens with zero attached hydrogens (tertiary/aromatic N) is 1. The van der Waals surface area contributed by atoms with Crippen LogP contribution in [-0.2, 0) is 33.4 Å². The Morgan fingerprint density at radius 2 is 1.07 bits per heavy atom. The van der Waals surface area contributed by atoms with Gasteiger partial charge in [-0.2, -0.15) is 0 Å². The van der Waals surface area contributed by atoms with Crippen LogP contribution in [0.25, 0.3) is 21.5 Å². The fraction of sp³-hybridized carbons (Fsp3) is 0.375. The fourth-order valence-corrected chi connectivity index (χ4v) is 6.92. The second kappa shape index (κ2) is 22.7. The largest absolute Gasteiger partial charge is 0.494 e. The molecule has 1 saturated heterocycles. The third kappa shape index (κ3) is 12.6. The molecule has 0 spiro atoms. The van der Waals surface area contributed by atoms with Crippen molar-refractivity contribution in [3.63, 3.8) is 0 Å². The third-order valence-electron chi connectivity index (χ3n) is 10.2. The first kappa shape index (κ1) is 44.8. The Morgan fingerprint density at radius 1 is 0.600 bits per heavy atom. The second-order valence-electron chi connectivity index (χ2n) is 14.6. The summed E-state index contributed by atoms with van der Waals surface area (Å²) in [7, 11) is 0. The van der Waals surface area contributed by atoms with Gasteiger partial charge in [0.2, 0.25) is 5.91 Å². The van der Waals surface area contributed by atoms with Crippen LogP contribution in [0, 0.1) is 5.92 Å². The molecule has 1 heterocycles. The van der Waals surface area contributed by atoms with Crippen molar-refractivity contribution >= 4 is 57.1 Å². The van der Waals surface area contributed by atoms with Gasteiger partial charge in [0, 0.05) is 30.7 Å². The first-order valence-electron chi connectivity index (χ1n) is 20.6. The van der Waals surface area contributed by atoms with Crippen LogP contribution in [-0.4, -0.2) is 79.5 Å². The number of amides is 2. The third-order valence-corrected chi connectivity index (χ3v) is 10.2. The number of hydrogen-bond donors (Lipinski definition) is 0. The molecule has 0 aliphatic carbocycles. The van der Waals surface area contributed by atoms with Crippen molar-refractivity contribution in [2.45, 2.75) is 77.2 Å². The minimum absolute atomic E-state index is 0.150. The lowest BCUT2D eigenvalue weighted by atomic mass is 9.93. The molecule has 0 radical (unpaired) electrons. The number of Topliss-reactive ketones (excluding diaryl/α,β-unsaturated/α-hetero) is 1. The zero-order chi connectivity index (χ0) is 42.9. The molecule has 5 rings (SSSR count). The zero-order valence-electron chi connectivity index (χ0n) is 34.2. The summed E-state index contributed by atoms with van der Waals surface area (Å²) >= 11 is 0. The molecule has 0 bridgehead atoms. The fourth-order valence-electron chi connectivity index (χ4n) is 6.92. The lowest BCUT2D eigenvalue weighted by molar-refractivity contribution is -0.141. The van der Waals surface area contributed by atoms with Gasteiger partial charge in [-0.1, -0.05) is 50.4 Å². The van der Waals surface area contributed by atoms with Gasteiger partial charge in [0.25, 0.3) is 5.91 Å². The van der Waals surface area contributed by atoms with Gasteiger partial charge < -0.3 is 23.7 Å². The van der Waals surface area contributed by atoms with E-state index in [1.54, 1.807) is 30.3 Å². The van der Waals surface area contributed by atoms with E-state index in [-0.39, 0.29) is 24.3 Å². The van der Waals surface area contributed by atoms with Crippen LogP contribution in [0.1, 0.15) is 91.8 Å². The molecular weight excluding hydrogens is 767 g/mol. The van der Waals surface area contributed by atoms with E-state index in [4.69, 9.17) is 23.7 Å². The number of carbonyl (C=O) groups is 6. The summed E-state index contributed by atoms with van der Waals surface area (Å²) in [4.78, 5) is 77.6. The van der Waals surface area contributed by atoms with Gasteiger partial charge in [0.05, 0.1) is 37.9 Å². The van der Waals surface area contributed by atoms with Crippen LogP contribution in [0.15, 0.2) is 98.1 Å². The molecule has 4 aromatic carbocycles. The van der Waals surface area contributed by atoms with E-state index in [0.29, 0.717) is 49.9 Å². The number of esters is 3. The predicted octanol–water partition coefficient (Wildman–Crippen LogP) is 8.52. The van der Waals surface area contributed by atoms with Gasteiger partial charge in [-0.05, 0) is 122 Å².